The van der Waals surface area contributed by atoms with Crippen LogP contribution >= 0.6 is 58.4 Å². The molecule has 0 aliphatic heterocycles. The second-order valence-electron chi connectivity index (χ2n) is 11.4. The number of aromatic nitrogens is 1. The molecule has 0 radical (unpaired) electrons. The van der Waals surface area contributed by atoms with Gasteiger partial charge in [-0.05, 0) is 86.1 Å². The Morgan fingerprint density at radius 1 is 0.909 bits per heavy atom. The van der Waals surface area contributed by atoms with Gasteiger partial charge in [0.05, 0.1) is 17.0 Å². The van der Waals surface area contributed by atoms with Crippen LogP contribution < -0.4 is 16.4 Å². The molecule has 0 bridgehead atoms. The fourth-order valence-electron chi connectivity index (χ4n) is 5.48. The Morgan fingerprint density at radius 2 is 1.45 bits per heavy atom. The summed E-state index contributed by atoms with van der Waals surface area (Å²) in [6.45, 7) is 6.25. The number of alkyl halides is 1. The first-order valence-electron chi connectivity index (χ1n) is 15.5. The molecule has 1 aromatic heterocycles. The Kier molecular flexibility index (Phi) is 15.2. The van der Waals surface area contributed by atoms with Crippen LogP contribution in [-0.4, -0.2) is 34.8 Å². The second kappa shape index (κ2) is 18.3. The normalized spacial score (nSPS) is 15.7. The van der Waals surface area contributed by atoms with Gasteiger partial charge in [0.2, 0.25) is 0 Å². The summed E-state index contributed by atoms with van der Waals surface area (Å²) >= 11 is 23.8. The number of thiazole rings is 1. The van der Waals surface area contributed by atoms with Crippen LogP contribution in [0.5, 0.6) is 0 Å². The van der Waals surface area contributed by atoms with Gasteiger partial charge in [0, 0.05) is 33.9 Å². The van der Waals surface area contributed by atoms with Gasteiger partial charge in [-0.15, -0.1) is 22.9 Å². The van der Waals surface area contributed by atoms with E-state index in [1.54, 1.807) is 11.3 Å². The summed E-state index contributed by atoms with van der Waals surface area (Å²) in [4.78, 5) is 16.7. The number of nitrogens with one attached hydrogen (secondary N) is 2. The molecule has 5 nitrogen and oxygen atoms in total. The van der Waals surface area contributed by atoms with Crippen molar-refractivity contribution >= 4 is 74.4 Å². The van der Waals surface area contributed by atoms with Gasteiger partial charge in [-0.3, -0.25) is 4.79 Å². The number of unbranched alkanes of at least 4 members (excludes halogenated alkanes) is 2. The minimum Gasteiger partial charge on any atom is -0.376 e. The Morgan fingerprint density at radius 3 is 1.91 bits per heavy atom. The smallest absolute Gasteiger partial charge is 0.182 e. The highest BCUT2D eigenvalue weighted by Crippen LogP contribution is 2.49. The molecule has 240 valence electrons. The summed E-state index contributed by atoms with van der Waals surface area (Å²) in [5.74, 6) is 0.237. The minimum absolute atomic E-state index is 0.0998. The SMILES string of the molecule is CCCCNC(N)=S.CCCCNc1nc(C2(c3ccc(Cl)cc3)CCC2)cs1.O=C(CCl)C1(c2ccc(Cl)cc2)CCC1. The quantitative estimate of drug-likeness (QED) is 0.0995. The highest BCUT2D eigenvalue weighted by molar-refractivity contribution is 7.80. The molecule has 2 aliphatic carbocycles. The van der Waals surface area contributed by atoms with E-state index >= 15 is 0 Å². The summed E-state index contributed by atoms with van der Waals surface area (Å²) in [6, 6.07) is 15.8. The number of rotatable bonds is 12. The molecule has 0 amide bonds. The molecule has 2 saturated carbocycles. The number of hydrogen-bond acceptors (Lipinski definition) is 5. The third-order valence-corrected chi connectivity index (χ3v) is 10.2. The molecule has 1 heterocycles. The second-order valence-corrected chi connectivity index (χ2v) is 13.8. The van der Waals surface area contributed by atoms with E-state index in [-0.39, 0.29) is 22.5 Å². The van der Waals surface area contributed by atoms with Crippen molar-refractivity contribution in [3.63, 3.8) is 0 Å². The van der Waals surface area contributed by atoms with Crippen LogP contribution in [0.15, 0.2) is 53.9 Å². The molecule has 5 rings (SSSR count). The number of ketones is 1. The van der Waals surface area contributed by atoms with E-state index in [9.17, 15) is 4.79 Å². The van der Waals surface area contributed by atoms with Crippen molar-refractivity contribution in [1.82, 2.24) is 10.3 Å². The van der Waals surface area contributed by atoms with Crippen molar-refractivity contribution in [3.8, 4) is 0 Å². The van der Waals surface area contributed by atoms with Crippen molar-refractivity contribution in [2.24, 2.45) is 5.73 Å². The van der Waals surface area contributed by atoms with Gasteiger partial charge in [0.25, 0.3) is 0 Å². The molecule has 44 heavy (non-hydrogen) atoms. The molecular weight excluding hydrogens is 651 g/mol. The lowest BCUT2D eigenvalue weighted by Crippen LogP contribution is -2.43. The molecule has 0 atom stereocenters. The number of anilines is 1. The van der Waals surface area contributed by atoms with Crippen molar-refractivity contribution in [2.45, 2.75) is 88.9 Å². The summed E-state index contributed by atoms with van der Waals surface area (Å²) in [6.07, 6.45) is 11.3. The average Bonchev–Trinajstić information content (AvgIpc) is 3.43. The van der Waals surface area contributed by atoms with Crippen LogP contribution in [0.3, 0.4) is 0 Å². The molecule has 0 spiro atoms. The molecule has 0 saturated heterocycles. The Hall–Kier alpha value is -1.90. The number of hydrogen-bond donors (Lipinski definition) is 3. The fourth-order valence-corrected chi connectivity index (χ4v) is 6.93. The highest BCUT2D eigenvalue weighted by Gasteiger charge is 2.44. The Labute approximate surface area is 287 Å². The van der Waals surface area contributed by atoms with E-state index in [0.717, 1.165) is 54.5 Å². The van der Waals surface area contributed by atoms with Crippen molar-refractivity contribution < 1.29 is 4.79 Å². The number of benzene rings is 2. The maximum atomic E-state index is 11.8. The fraction of sp³-hybridized carbons (Fsp3) is 0.500. The van der Waals surface area contributed by atoms with E-state index < -0.39 is 0 Å². The summed E-state index contributed by atoms with van der Waals surface area (Å²) < 4.78 is 0. The van der Waals surface area contributed by atoms with E-state index in [0.29, 0.717) is 10.1 Å². The maximum absolute atomic E-state index is 11.8. The van der Waals surface area contributed by atoms with Crippen LogP contribution in [0.4, 0.5) is 5.13 Å². The lowest BCUT2D eigenvalue weighted by molar-refractivity contribution is -0.125. The maximum Gasteiger partial charge on any atom is 0.182 e. The largest absolute Gasteiger partial charge is 0.376 e. The molecule has 0 unspecified atom stereocenters. The van der Waals surface area contributed by atoms with Crippen molar-refractivity contribution in [1.29, 1.82) is 0 Å². The third kappa shape index (κ3) is 9.80. The topological polar surface area (TPSA) is 80.0 Å². The Bertz CT molecular complexity index is 1310. The molecule has 2 fully saturated rings. The van der Waals surface area contributed by atoms with Crippen LogP contribution in [0.2, 0.25) is 10.0 Å². The van der Waals surface area contributed by atoms with Gasteiger partial charge in [0.15, 0.2) is 16.0 Å². The van der Waals surface area contributed by atoms with E-state index in [4.69, 9.17) is 45.5 Å². The Balaban J connectivity index is 0.000000201. The molecule has 2 aliphatic rings. The molecular formula is C34H45Cl3N4OS2. The zero-order valence-electron chi connectivity index (χ0n) is 25.8. The third-order valence-electron chi connectivity index (χ3n) is 8.49. The van der Waals surface area contributed by atoms with Crippen LogP contribution in [0.25, 0.3) is 0 Å². The van der Waals surface area contributed by atoms with Gasteiger partial charge in [-0.1, -0.05) is 87.0 Å². The molecule has 3 aromatic rings. The van der Waals surface area contributed by atoms with Gasteiger partial charge in [0.1, 0.15) is 0 Å². The predicted molar refractivity (Wildman–Crippen MR) is 194 cm³/mol. The number of nitrogens with two attached hydrogens (primary N) is 1. The van der Waals surface area contributed by atoms with Gasteiger partial charge >= 0.3 is 0 Å². The lowest BCUT2D eigenvalue weighted by Gasteiger charge is -2.41. The predicted octanol–water partition coefficient (Wildman–Crippen LogP) is 9.67. The standard InChI is InChI=1S/C17H21ClN2S.C12H12Cl2O.C5H12N2S/c1-2-3-11-19-16-20-15(12-21-16)17(9-4-10-17)13-5-7-14(18)8-6-13;13-8-11(15)12(6-1-7-12)9-2-4-10(14)5-3-9;1-2-3-4-7-5(6)8/h5-8,12H,2-4,9-11H2,1H3,(H,19,20);2-5H,1,6-8H2;2-4H2,1H3,(H3,6,7,8). The van der Waals surface area contributed by atoms with Crippen LogP contribution in [0.1, 0.15) is 94.9 Å². The first kappa shape index (κ1) is 36.6. The van der Waals surface area contributed by atoms with Crippen molar-refractivity contribution in [2.75, 3.05) is 24.3 Å². The number of halogens is 3. The zero-order valence-corrected chi connectivity index (χ0v) is 29.7. The minimum atomic E-state index is -0.313. The molecule has 10 heteroatoms. The van der Waals surface area contributed by atoms with Gasteiger partial charge in [-0.25, -0.2) is 4.98 Å². The molecule has 4 N–H and O–H groups in total. The van der Waals surface area contributed by atoms with E-state index in [1.807, 2.05) is 36.4 Å². The zero-order chi connectivity index (χ0) is 32.0. The number of nitrogens with zero attached hydrogens (tertiary/aromatic N) is 1. The lowest BCUT2D eigenvalue weighted by atomic mass is 9.62. The number of thiocarbonyl (C=S) groups is 1. The van der Waals surface area contributed by atoms with E-state index in [2.05, 4.69) is 54.2 Å². The highest BCUT2D eigenvalue weighted by atomic mass is 35.5. The van der Waals surface area contributed by atoms with Gasteiger partial charge < -0.3 is 16.4 Å². The summed E-state index contributed by atoms with van der Waals surface area (Å²) in [5.41, 5.74) is 8.59. The molecule has 2 aromatic carbocycles. The van der Waals surface area contributed by atoms with Crippen LogP contribution in [0, 0.1) is 0 Å². The first-order valence-corrected chi connectivity index (χ1v) is 18.1. The average molecular weight is 696 g/mol. The summed E-state index contributed by atoms with van der Waals surface area (Å²) in [7, 11) is 0. The van der Waals surface area contributed by atoms with Crippen molar-refractivity contribution in [3.05, 3.63) is 80.8 Å². The monoisotopic (exact) mass is 694 g/mol. The van der Waals surface area contributed by atoms with Gasteiger partial charge in [-0.2, -0.15) is 0 Å². The number of Topliss-reactive ketones (excluding diaryl/α,β-unsaturated/α-hetero) is 1. The number of carbonyl (C=O) groups excluding carboxylic acids is 1. The number of carbonyl (C=O) groups is 1. The van der Waals surface area contributed by atoms with Crippen LogP contribution in [-0.2, 0) is 15.6 Å². The summed E-state index contributed by atoms with van der Waals surface area (Å²) in [5, 5.41) is 11.5. The van der Waals surface area contributed by atoms with E-state index in [1.165, 1.54) is 49.8 Å². The first-order chi connectivity index (χ1) is 21.2.